The van der Waals surface area contributed by atoms with Crippen LogP contribution in [-0.4, -0.2) is 75.5 Å². The summed E-state index contributed by atoms with van der Waals surface area (Å²) in [5.41, 5.74) is 2.05. The first kappa shape index (κ1) is 25.1. The van der Waals surface area contributed by atoms with Crippen molar-refractivity contribution >= 4 is 15.9 Å². The molecule has 180 valence electrons. The number of hydrogen-bond acceptors (Lipinski definition) is 5. The molecule has 0 saturated carbocycles. The highest BCUT2D eigenvalue weighted by Gasteiger charge is 2.32. The number of amides is 1. The molecule has 1 N–H and O–H groups in total. The highest BCUT2D eigenvalue weighted by Crippen LogP contribution is 2.25. The Bertz CT molecular complexity index is 873. The smallest absolute Gasteiger partial charge is 0.243 e. The van der Waals surface area contributed by atoms with Gasteiger partial charge in [-0.1, -0.05) is 19.9 Å². The summed E-state index contributed by atoms with van der Waals surface area (Å²) in [6.45, 7) is 13.0. The number of rotatable bonds is 8. The molecule has 1 aromatic rings. The van der Waals surface area contributed by atoms with Gasteiger partial charge in [0, 0.05) is 44.7 Å². The van der Waals surface area contributed by atoms with Crippen molar-refractivity contribution in [3.63, 3.8) is 0 Å². The van der Waals surface area contributed by atoms with Gasteiger partial charge in [-0.25, -0.2) is 8.42 Å². The second kappa shape index (κ2) is 11.1. The first-order chi connectivity index (χ1) is 15.2. The van der Waals surface area contributed by atoms with Gasteiger partial charge in [0.25, 0.3) is 0 Å². The lowest BCUT2D eigenvalue weighted by Gasteiger charge is -2.36. The van der Waals surface area contributed by atoms with E-state index in [1.165, 1.54) is 4.31 Å². The van der Waals surface area contributed by atoms with Gasteiger partial charge in [-0.2, -0.15) is 4.31 Å². The van der Waals surface area contributed by atoms with Crippen LogP contribution in [0.1, 0.15) is 44.2 Å². The highest BCUT2D eigenvalue weighted by molar-refractivity contribution is 7.89. The Balaban J connectivity index is 1.53. The summed E-state index contributed by atoms with van der Waals surface area (Å²) in [4.78, 5) is 15.6. The van der Waals surface area contributed by atoms with E-state index >= 15 is 0 Å². The Morgan fingerprint density at radius 1 is 1.09 bits per heavy atom. The van der Waals surface area contributed by atoms with Crippen LogP contribution in [0.2, 0.25) is 0 Å². The molecule has 0 aliphatic carbocycles. The van der Waals surface area contributed by atoms with Crippen molar-refractivity contribution in [3.8, 4) is 0 Å². The van der Waals surface area contributed by atoms with Crippen LogP contribution in [-0.2, 0) is 19.6 Å². The molecule has 1 aromatic carbocycles. The predicted molar refractivity (Wildman–Crippen MR) is 126 cm³/mol. The molecular formula is C24H39N3O4S. The average molecular weight is 466 g/mol. The molecule has 0 bridgehead atoms. The van der Waals surface area contributed by atoms with Crippen LogP contribution in [0, 0.1) is 25.7 Å². The summed E-state index contributed by atoms with van der Waals surface area (Å²) in [6.07, 6.45) is 2.15. The summed E-state index contributed by atoms with van der Waals surface area (Å²) in [5.74, 6) is 0.472. The van der Waals surface area contributed by atoms with E-state index in [0.717, 1.165) is 43.9 Å². The Morgan fingerprint density at radius 3 is 2.34 bits per heavy atom. The average Bonchev–Trinajstić information content (AvgIpc) is 2.78. The molecule has 1 unspecified atom stereocenters. The highest BCUT2D eigenvalue weighted by atomic mass is 32.2. The van der Waals surface area contributed by atoms with Crippen LogP contribution < -0.4 is 5.32 Å². The first-order valence-electron chi connectivity index (χ1n) is 11.9. The quantitative estimate of drug-likeness (QED) is 0.638. The molecule has 2 fully saturated rings. The normalized spacial score (nSPS) is 20.4. The molecular weight excluding hydrogens is 426 g/mol. The predicted octanol–water partition coefficient (Wildman–Crippen LogP) is 2.57. The molecule has 0 aromatic heterocycles. The summed E-state index contributed by atoms with van der Waals surface area (Å²) in [5, 5.41) is 3.16. The molecule has 2 aliphatic heterocycles. The second-order valence-electron chi connectivity index (χ2n) is 9.60. The van der Waals surface area contributed by atoms with Gasteiger partial charge in [0.1, 0.15) is 0 Å². The van der Waals surface area contributed by atoms with Crippen LogP contribution in [0.25, 0.3) is 0 Å². The third-order valence-electron chi connectivity index (χ3n) is 6.76. The zero-order valence-corrected chi connectivity index (χ0v) is 20.8. The maximum atomic E-state index is 13.0. The Labute approximate surface area is 193 Å². The molecule has 3 rings (SSSR count). The lowest BCUT2D eigenvalue weighted by molar-refractivity contribution is -0.126. The number of hydrogen-bond donors (Lipinski definition) is 1. The van der Waals surface area contributed by atoms with Gasteiger partial charge in [-0.15, -0.1) is 0 Å². The minimum absolute atomic E-state index is 0.0512. The Kier molecular flexibility index (Phi) is 8.72. The standard InChI is InChI=1S/C24H39N3O4S/c1-18(2)15-22(26-11-13-31-14-12-26)17-25-24(28)21-7-9-27(10-8-21)32(29,30)23-6-5-19(3)20(4)16-23/h5-6,16,18,21-22H,7-15,17H2,1-4H3,(H,25,28). The van der Waals surface area contributed by atoms with Crippen LogP contribution in [0.5, 0.6) is 0 Å². The molecule has 0 radical (unpaired) electrons. The van der Waals surface area contributed by atoms with Crippen molar-refractivity contribution in [2.24, 2.45) is 11.8 Å². The van der Waals surface area contributed by atoms with Gasteiger partial charge in [-0.3, -0.25) is 9.69 Å². The number of ether oxygens (including phenoxy) is 1. The summed E-state index contributed by atoms with van der Waals surface area (Å²) >= 11 is 0. The van der Waals surface area contributed by atoms with Gasteiger partial charge in [-0.05, 0) is 62.3 Å². The third kappa shape index (κ3) is 6.31. The lowest BCUT2D eigenvalue weighted by atomic mass is 9.96. The number of aryl methyl sites for hydroxylation is 2. The van der Waals surface area contributed by atoms with Gasteiger partial charge >= 0.3 is 0 Å². The van der Waals surface area contributed by atoms with E-state index in [2.05, 4.69) is 24.1 Å². The number of sulfonamides is 1. The molecule has 2 heterocycles. The number of morpholine rings is 1. The minimum atomic E-state index is -3.52. The number of nitrogens with one attached hydrogen (secondary N) is 1. The minimum Gasteiger partial charge on any atom is -0.379 e. The second-order valence-corrected chi connectivity index (χ2v) is 11.5. The molecule has 2 saturated heterocycles. The molecule has 0 spiro atoms. The summed E-state index contributed by atoms with van der Waals surface area (Å²) in [7, 11) is -3.52. The fourth-order valence-corrected chi connectivity index (χ4v) is 6.15. The van der Waals surface area contributed by atoms with Crippen LogP contribution in [0.4, 0.5) is 0 Å². The van der Waals surface area contributed by atoms with E-state index in [0.29, 0.717) is 49.3 Å². The molecule has 8 heteroatoms. The van der Waals surface area contributed by atoms with Crippen molar-refractivity contribution in [1.82, 2.24) is 14.5 Å². The zero-order chi connectivity index (χ0) is 23.3. The maximum absolute atomic E-state index is 13.0. The van der Waals surface area contributed by atoms with Crippen LogP contribution in [0.3, 0.4) is 0 Å². The van der Waals surface area contributed by atoms with E-state index in [-0.39, 0.29) is 11.8 Å². The van der Waals surface area contributed by atoms with Crippen LogP contribution >= 0.6 is 0 Å². The number of carbonyl (C=O) groups excluding carboxylic acids is 1. The van der Waals surface area contributed by atoms with E-state index in [4.69, 9.17) is 4.74 Å². The monoisotopic (exact) mass is 465 g/mol. The Hall–Kier alpha value is -1.48. The number of piperidine rings is 1. The molecule has 7 nitrogen and oxygen atoms in total. The van der Waals surface area contributed by atoms with E-state index in [1.54, 1.807) is 12.1 Å². The van der Waals surface area contributed by atoms with Crippen molar-refractivity contribution in [2.45, 2.75) is 57.9 Å². The van der Waals surface area contributed by atoms with E-state index in [9.17, 15) is 13.2 Å². The van der Waals surface area contributed by atoms with Gasteiger partial charge < -0.3 is 10.1 Å². The topological polar surface area (TPSA) is 79.0 Å². The van der Waals surface area contributed by atoms with E-state index < -0.39 is 10.0 Å². The van der Waals surface area contributed by atoms with Gasteiger partial charge in [0.15, 0.2) is 0 Å². The molecule has 2 aliphatic rings. The van der Waals surface area contributed by atoms with Crippen molar-refractivity contribution in [1.29, 1.82) is 0 Å². The first-order valence-corrected chi connectivity index (χ1v) is 13.3. The molecule has 1 atom stereocenters. The van der Waals surface area contributed by atoms with Gasteiger partial charge in [0.05, 0.1) is 18.1 Å². The van der Waals surface area contributed by atoms with Crippen molar-refractivity contribution < 1.29 is 17.9 Å². The largest absolute Gasteiger partial charge is 0.379 e. The number of nitrogens with zero attached hydrogens (tertiary/aromatic N) is 2. The number of carbonyl (C=O) groups is 1. The number of benzene rings is 1. The fraction of sp³-hybridized carbons (Fsp3) is 0.708. The fourth-order valence-electron chi connectivity index (χ4n) is 4.59. The summed E-state index contributed by atoms with van der Waals surface area (Å²) < 4.78 is 33.1. The molecule has 32 heavy (non-hydrogen) atoms. The van der Waals surface area contributed by atoms with Crippen LogP contribution in [0.15, 0.2) is 23.1 Å². The summed E-state index contributed by atoms with van der Waals surface area (Å²) in [6, 6.07) is 5.58. The Morgan fingerprint density at radius 2 is 1.75 bits per heavy atom. The third-order valence-corrected chi connectivity index (χ3v) is 8.65. The molecule has 1 amide bonds. The van der Waals surface area contributed by atoms with Crippen molar-refractivity contribution in [3.05, 3.63) is 29.3 Å². The van der Waals surface area contributed by atoms with Gasteiger partial charge in [0.2, 0.25) is 15.9 Å². The van der Waals surface area contributed by atoms with E-state index in [1.807, 2.05) is 19.9 Å². The van der Waals surface area contributed by atoms with Crippen molar-refractivity contribution in [2.75, 3.05) is 45.9 Å². The lowest BCUT2D eigenvalue weighted by Crippen LogP contribution is -2.50. The SMILES string of the molecule is Cc1ccc(S(=O)(=O)N2CCC(C(=O)NCC(CC(C)C)N3CCOCC3)CC2)cc1C. The zero-order valence-electron chi connectivity index (χ0n) is 20.0. The maximum Gasteiger partial charge on any atom is 0.243 e.